The highest BCUT2D eigenvalue weighted by molar-refractivity contribution is 6.31. The van der Waals surface area contributed by atoms with Crippen LogP contribution in [0.4, 0.5) is 0 Å². The minimum absolute atomic E-state index is 0.201. The van der Waals surface area contributed by atoms with E-state index in [4.69, 9.17) is 11.6 Å². The van der Waals surface area contributed by atoms with Gasteiger partial charge in [0.1, 0.15) is 0 Å². The molecule has 0 aromatic rings. The molecule has 5 atom stereocenters. The highest BCUT2D eigenvalue weighted by atomic mass is 35.5. The molecule has 80 valence electrons. The van der Waals surface area contributed by atoms with E-state index in [0.29, 0.717) is 18.3 Å². The van der Waals surface area contributed by atoms with Crippen molar-refractivity contribution in [3.8, 4) is 0 Å². The number of hydrogen-bond acceptors (Lipinski definition) is 1. The Bertz CT molecular complexity index is 238. The van der Waals surface area contributed by atoms with Crippen molar-refractivity contribution in [2.75, 3.05) is 0 Å². The Kier molecular flexibility index (Phi) is 2.88. The van der Waals surface area contributed by atoms with E-state index in [-0.39, 0.29) is 11.2 Å². The van der Waals surface area contributed by atoms with Gasteiger partial charge in [0.05, 0.1) is 5.38 Å². The second-order valence-electron chi connectivity index (χ2n) is 5.23. The molecule has 0 bridgehead atoms. The summed E-state index contributed by atoms with van der Waals surface area (Å²) in [6.07, 6.45) is 4.28. The number of hydrogen-bond donors (Lipinski definition) is 0. The molecule has 0 aromatic carbocycles. The van der Waals surface area contributed by atoms with Crippen LogP contribution in [0.15, 0.2) is 0 Å². The third-order valence-electron chi connectivity index (χ3n) is 4.32. The first kappa shape index (κ1) is 10.5. The van der Waals surface area contributed by atoms with E-state index in [0.717, 1.165) is 18.3 Å². The van der Waals surface area contributed by atoms with Crippen LogP contribution in [0, 0.1) is 23.7 Å². The first-order valence-corrected chi connectivity index (χ1v) is 6.20. The monoisotopic (exact) mass is 214 g/mol. The topological polar surface area (TPSA) is 17.1 Å². The zero-order valence-electron chi connectivity index (χ0n) is 9.00. The Morgan fingerprint density at radius 3 is 2.57 bits per heavy atom. The van der Waals surface area contributed by atoms with Gasteiger partial charge in [-0.25, -0.2) is 0 Å². The minimum Gasteiger partial charge on any atom is -0.298 e. The van der Waals surface area contributed by atoms with E-state index in [1.807, 2.05) is 0 Å². The van der Waals surface area contributed by atoms with Crippen molar-refractivity contribution in [1.29, 1.82) is 0 Å². The fraction of sp³-hybridized carbons (Fsp3) is 0.917. The molecular formula is C12H19ClO. The van der Waals surface area contributed by atoms with Crippen LogP contribution in [-0.2, 0) is 4.79 Å². The van der Waals surface area contributed by atoms with Crippen LogP contribution in [0.2, 0.25) is 0 Å². The molecule has 0 radical (unpaired) electrons. The second kappa shape index (κ2) is 3.84. The fourth-order valence-electron chi connectivity index (χ4n) is 3.39. The number of carbonyl (C=O) groups excluding carboxylic acids is 1. The van der Waals surface area contributed by atoms with E-state index in [2.05, 4.69) is 13.8 Å². The molecule has 2 aliphatic carbocycles. The lowest BCUT2D eigenvalue weighted by Crippen LogP contribution is -2.18. The number of rotatable bonds is 0. The lowest BCUT2D eigenvalue weighted by Gasteiger charge is -2.24. The number of halogens is 1. The number of ketones is 1. The quantitative estimate of drug-likeness (QED) is 0.566. The van der Waals surface area contributed by atoms with Crippen molar-refractivity contribution < 1.29 is 4.79 Å². The average molecular weight is 215 g/mol. The number of fused-ring (bicyclic) bond motifs is 1. The van der Waals surface area contributed by atoms with E-state index in [9.17, 15) is 4.79 Å². The normalized spacial score (nSPS) is 48.8. The van der Waals surface area contributed by atoms with Crippen LogP contribution in [0.1, 0.15) is 39.5 Å². The van der Waals surface area contributed by atoms with E-state index >= 15 is 0 Å². The summed E-state index contributed by atoms with van der Waals surface area (Å²) in [4.78, 5) is 11.6. The number of carbonyl (C=O) groups is 1. The van der Waals surface area contributed by atoms with Gasteiger partial charge in [-0.3, -0.25) is 4.79 Å². The van der Waals surface area contributed by atoms with Crippen molar-refractivity contribution >= 4 is 17.4 Å². The Morgan fingerprint density at radius 1 is 1.14 bits per heavy atom. The molecule has 0 aliphatic heterocycles. The standard InChI is InChI=1S/C12H19ClO/c1-7-3-4-9-8(2)5-12(14)11(13)6-10(7)9/h7-11H,3-6H2,1-2H3/t7-,8-,9-,10-,11-/m0/s1. The van der Waals surface area contributed by atoms with Crippen molar-refractivity contribution in [1.82, 2.24) is 0 Å². The molecular weight excluding hydrogens is 196 g/mol. The van der Waals surface area contributed by atoms with Gasteiger partial charge in [-0.05, 0) is 36.5 Å². The summed E-state index contributed by atoms with van der Waals surface area (Å²) in [6, 6.07) is 0. The van der Waals surface area contributed by atoms with Crippen molar-refractivity contribution in [3.05, 3.63) is 0 Å². The van der Waals surface area contributed by atoms with Crippen LogP contribution < -0.4 is 0 Å². The zero-order valence-corrected chi connectivity index (χ0v) is 9.76. The maximum absolute atomic E-state index is 11.6. The van der Waals surface area contributed by atoms with Crippen LogP contribution in [-0.4, -0.2) is 11.2 Å². The highest BCUT2D eigenvalue weighted by Crippen LogP contribution is 2.47. The molecule has 0 amide bonds. The lowest BCUT2D eigenvalue weighted by atomic mass is 9.81. The molecule has 0 heterocycles. The minimum atomic E-state index is -0.201. The molecule has 2 aliphatic rings. The Hall–Kier alpha value is -0.0400. The molecule has 2 rings (SSSR count). The van der Waals surface area contributed by atoms with Gasteiger partial charge >= 0.3 is 0 Å². The third kappa shape index (κ3) is 1.71. The second-order valence-corrected chi connectivity index (χ2v) is 5.76. The van der Waals surface area contributed by atoms with Gasteiger partial charge in [-0.2, -0.15) is 0 Å². The van der Waals surface area contributed by atoms with E-state index < -0.39 is 0 Å². The SMILES string of the molecule is C[C@H]1CC[C@@H]2[C@H]1C[C@H](Cl)C(=O)C[C@@H]2C. The van der Waals surface area contributed by atoms with Gasteiger partial charge in [-0.15, -0.1) is 11.6 Å². The highest BCUT2D eigenvalue weighted by Gasteiger charge is 2.41. The van der Waals surface area contributed by atoms with Crippen LogP contribution in [0.5, 0.6) is 0 Å². The van der Waals surface area contributed by atoms with Crippen molar-refractivity contribution in [3.63, 3.8) is 0 Å². The van der Waals surface area contributed by atoms with Gasteiger partial charge in [0.15, 0.2) is 5.78 Å². The predicted molar refractivity (Wildman–Crippen MR) is 58.4 cm³/mol. The molecule has 0 N–H and O–H groups in total. The summed E-state index contributed by atoms with van der Waals surface area (Å²) in [7, 11) is 0. The molecule has 0 saturated heterocycles. The Morgan fingerprint density at radius 2 is 1.86 bits per heavy atom. The first-order chi connectivity index (χ1) is 6.59. The number of Topliss-reactive ketones (excluding diaryl/α,β-unsaturated/α-hetero) is 1. The molecule has 1 nitrogen and oxygen atoms in total. The van der Waals surface area contributed by atoms with Gasteiger partial charge in [0.25, 0.3) is 0 Å². The largest absolute Gasteiger partial charge is 0.298 e. The van der Waals surface area contributed by atoms with Crippen molar-refractivity contribution in [2.24, 2.45) is 23.7 Å². The summed E-state index contributed by atoms with van der Waals surface area (Å²) in [5, 5.41) is -0.201. The van der Waals surface area contributed by atoms with Crippen LogP contribution in [0.3, 0.4) is 0 Å². The van der Waals surface area contributed by atoms with Gasteiger partial charge < -0.3 is 0 Å². The van der Waals surface area contributed by atoms with Crippen molar-refractivity contribution in [2.45, 2.75) is 44.9 Å². The Balaban J connectivity index is 2.18. The van der Waals surface area contributed by atoms with E-state index in [1.54, 1.807) is 0 Å². The van der Waals surface area contributed by atoms with Gasteiger partial charge in [-0.1, -0.05) is 20.3 Å². The maximum atomic E-state index is 11.6. The molecule has 2 saturated carbocycles. The summed E-state index contributed by atoms with van der Waals surface area (Å²) in [5.74, 6) is 3.08. The molecule has 0 aromatic heterocycles. The third-order valence-corrected chi connectivity index (χ3v) is 4.74. The summed E-state index contributed by atoms with van der Waals surface area (Å²) in [5.41, 5.74) is 0. The summed E-state index contributed by atoms with van der Waals surface area (Å²) in [6.45, 7) is 4.54. The molecule has 0 unspecified atom stereocenters. The summed E-state index contributed by atoms with van der Waals surface area (Å²) < 4.78 is 0. The molecule has 2 fully saturated rings. The first-order valence-electron chi connectivity index (χ1n) is 5.76. The maximum Gasteiger partial charge on any atom is 0.150 e. The molecule has 0 spiro atoms. The smallest absolute Gasteiger partial charge is 0.150 e. The zero-order chi connectivity index (χ0) is 10.3. The fourth-order valence-corrected chi connectivity index (χ4v) is 3.68. The average Bonchev–Trinajstić information content (AvgIpc) is 2.43. The number of alkyl halides is 1. The summed E-state index contributed by atoms with van der Waals surface area (Å²) >= 11 is 6.12. The molecule has 2 heteroatoms. The lowest BCUT2D eigenvalue weighted by molar-refractivity contribution is -0.119. The van der Waals surface area contributed by atoms with E-state index in [1.165, 1.54) is 12.8 Å². The molecule has 14 heavy (non-hydrogen) atoms. The Labute approximate surface area is 91.2 Å². The van der Waals surface area contributed by atoms with Gasteiger partial charge in [0, 0.05) is 6.42 Å². The van der Waals surface area contributed by atoms with Crippen LogP contribution in [0.25, 0.3) is 0 Å². The van der Waals surface area contributed by atoms with Crippen LogP contribution >= 0.6 is 11.6 Å². The van der Waals surface area contributed by atoms with Gasteiger partial charge in [0.2, 0.25) is 0 Å². The predicted octanol–water partition coefficient (Wildman–Crippen LogP) is 3.26.